The van der Waals surface area contributed by atoms with Crippen molar-refractivity contribution in [2.45, 2.75) is 31.3 Å². The highest BCUT2D eigenvalue weighted by atomic mass is 16.4. The molecule has 0 radical (unpaired) electrons. The summed E-state index contributed by atoms with van der Waals surface area (Å²) in [5.41, 5.74) is 6.86. The van der Waals surface area contributed by atoms with E-state index in [2.05, 4.69) is 17.2 Å². The molecule has 0 saturated heterocycles. The molecule has 1 aromatic carbocycles. The van der Waals surface area contributed by atoms with Crippen molar-refractivity contribution in [3.8, 4) is 0 Å². The third kappa shape index (κ3) is 7.25. The van der Waals surface area contributed by atoms with Crippen molar-refractivity contribution in [1.29, 1.82) is 0 Å². The quantitative estimate of drug-likeness (QED) is 0.306. The van der Waals surface area contributed by atoms with Crippen LogP contribution >= 0.6 is 0 Å². The minimum atomic E-state index is -1.25. The van der Waals surface area contributed by atoms with Gasteiger partial charge in [0.25, 0.3) is 0 Å². The van der Waals surface area contributed by atoms with Gasteiger partial charge in [-0.2, -0.15) is 0 Å². The third-order valence-electron chi connectivity index (χ3n) is 3.36. The predicted molar refractivity (Wildman–Crippen MR) is 89.7 cm³/mol. The van der Waals surface area contributed by atoms with Crippen LogP contribution in [0.4, 0.5) is 5.69 Å². The first-order valence-corrected chi connectivity index (χ1v) is 7.43. The molecule has 0 aromatic heterocycles. The summed E-state index contributed by atoms with van der Waals surface area (Å²) in [6, 6.07) is 4.44. The average Bonchev–Trinajstić information content (AvgIpc) is 2.52. The highest BCUT2D eigenvalue weighted by molar-refractivity contribution is 5.76. The Bertz CT molecular complexity index is 644. The lowest BCUT2D eigenvalue weighted by Crippen LogP contribution is -2.46. The van der Waals surface area contributed by atoms with Gasteiger partial charge in [-0.25, -0.2) is 9.59 Å². The first kappa shape index (κ1) is 19.8. The van der Waals surface area contributed by atoms with Crippen LogP contribution in [0.15, 0.2) is 36.7 Å². The van der Waals surface area contributed by atoms with Gasteiger partial charge in [-0.1, -0.05) is 18.7 Å². The normalized spacial score (nSPS) is 12.6. The van der Waals surface area contributed by atoms with Crippen LogP contribution in [0, 0.1) is 0 Å². The molecule has 136 valence electrons. The second-order valence-electron chi connectivity index (χ2n) is 5.43. The van der Waals surface area contributed by atoms with Crippen molar-refractivity contribution in [1.82, 2.24) is 10.6 Å². The minimum Gasteiger partial charge on any atom is -0.481 e. The van der Waals surface area contributed by atoms with Gasteiger partial charge in [0, 0.05) is 18.5 Å². The Balaban J connectivity index is 2.68. The van der Waals surface area contributed by atoms with Gasteiger partial charge >= 0.3 is 17.9 Å². The standard InChI is InChI=1S/C16H21N3O6/c1-9(18-12(15(22)23)6-7-14(20)21)19-13(16(24)25)8-10-2-4-11(17)5-3-10/h2-5,12-13,18-19H,1,6-8,17H2,(H,20,21)(H,22,23)(H,24,25)/t12-,13-/m0/s1. The number of benzene rings is 1. The van der Waals surface area contributed by atoms with Crippen LogP contribution in [0.25, 0.3) is 0 Å². The Hall–Kier alpha value is -3.23. The van der Waals surface area contributed by atoms with E-state index in [1.807, 2.05) is 0 Å². The highest BCUT2D eigenvalue weighted by Crippen LogP contribution is 2.09. The van der Waals surface area contributed by atoms with Crippen molar-refractivity contribution in [2.24, 2.45) is 0 Å². The number of carbonyl (C=O) groups is 3. The molecule has 0 aliphatic heterocycles. The van der Waals surface area contributed by atoms with E-state index in [1.54, 1.807) is 24.3 Å². The summed E-state index contributed by atoms with van der Waals surface area (Å²) in [6.07, 6.45) is -0.380. The van der Waals surface area contributed by atoms with Gasteiger partial charge in [-0.05, 0) is 24.1 Å². The number of hydrogen-bond acceptors (Lipinski definition) is 6. The number of aliphatic carboxylic acids is 3. The summed E-state index contributed by atoms with van der Waals surface area (Å²) in [6.45, 7) is 3.57. The molecule has 0 spiro atoms. The second kappa shape index (κ2) is 9.16. The van der Waals surface area contributed by atoms with Crippen molar-refractivity contribution in [3.05, 3.63) is 42.2 Å². The minimum absolute atomic E-state index is 0.0133. The molecule has 0 bridgehead atoms. The first-order valence-electron chi connectivity index (χ1n) is 7.43. The van der Waals surface area contributed by atoms with E-state index < -0.39 is 30.0 Å². The van der Waals surface area contributed by atoms with Crippen molar-refractivity contribution >= 4 is 23.6 Å². The molecular formula is C16H21N3O6. The summed E-state index contributed by atoms with van der Waals surface area (Å²) in [7, 11) is 0. The van der Waals surface area contributed by atoms with Crippen LogP contribution in [0.5, 0.6) is 0 Å². The molecule has 0 heterocycles. The number of carboxylic acids is 3. The fraction of sp³-hybridized carbons (Fsp3) is 0.312. The number of carboxylic acid groups (broad SMARTS) is 3. The maximum atomic E-state index is 11.4. The highest BCUT2D eigenvalue weighted by Gasteiger charge is 2.22. The Morgan fingerprint density at radius 3 is 2.00 bits per heavy atom. The molecule has 25 heavy (non-hydrogen) atoms. The Morgan fingerprint density at radius 1 is 1.00 bits per heavy atom. The molecule has 0 fully saturated rings. The molecule has 0 amide bonds. The molecule has 2 atom stereocenters. The van der Waals surface area contributed by atoms with Gasteiger partial charge < -0.3 is 31.7 Å². The largest absolute Gasteiger partial charge is 0.481 e. The fourth-order valence-corrected chi connectivity index (χ4v) is 2.08. The molecule has 0 aliphatic rings. The lowest BCUT2D eigenvalue weighted by atomic mass is 10.1. The van der Waals surface area contributed by atoms with E-state index in [0.717, 1.165) is 5.56 Å². The summed E-state index contributed by atoms with van der Waals surface area (Å²) < 4.78 is 0. The molecule has 1 rings (SSSR count). The first-order chi connectivity index (χ1) is 11.7. The Labute approximate surface area is 144 Å². The number of anilines is 1. The second-order valence-corrected chi connectivity index (χ2v) is 5.43. The molecule has 9 heteroatoms. The molecule has 0 unspecified atom stereocenters. The van der Waals surface area contributed by atoms with Gasteiger partial charge in [0.2, 0.25) is 0 Å². The molecule has 0 saturated carbocycles. The molecule has 0 aliphatic carbocycles. The molecule has 9 nitrogen and oxygen atoms in total. The number of nitrogens with one attached hydrogen (secondary N) is 2. The summed E-state index contributed by atoms with van der Waals surface area (Å²) in [5.74, 6) is -3.54. The van der Waals surface area contributed by atoms with Crippen molar-refractivity contribution in [3.63, 3.8) is 0 Å². The van der Waals surface area contributed by atoms with Gasteiger partial charge in [-0.15, -0.1) is 0 Å². The van der Waals surface area contributed by atoms with Crippen molar-refractivity contribution < 1.29 is 29.7 Å². The molecular weight excluding hydrogens is 330 g/mol. The van der Waals surface area contributed by atoms with E-state index in [1.165, 1.54) is 0 Å². The smallest absolute Gasteiger partial charge is 0.326 e. The predicted octanol–water partition coefficient (Wildman–Crippen LogP) is 0.233. The van der Waals surface area contributed by atoms with E-state index in [-0.39, 0.29) is 25.1 Å². The zero-order chi connectivity index (χ0) is 19.0. The maximum Gasteiger partial charge on any atom is 0.326 e. The fourth-order valence-electron chi connectivity index (χ4n) is 2.08. The van der Waals surface area contributed by atoms with Gasteiger partial charge in [0.15, 0.2) is 0 Å². The summed E-state index contributed by atoms with van der Waals surface area (Å²) >= 11 is 0. The van der Waals surface area contributed by atoms with E-state index in [4.69, 9.17) is 15.9 Å². The van der Waals surface area contributed by atoms with Crippen LogP contribution in [-0.4, -0.2) is 45.3 Å². The van der Waals surface area contributed by atoms with E-state index in [9.17, 15) is 19.5 Å². The number of nitrogens with two attached hydrogens (primary N) is 1. The lowest BCUT2D eigenvalue weighted by Gasteiger charge is -2.22. The average molecular weight is 351 g/mol. The van der Waals surface area contributed by atoms with E-state index >= 15 is 0 Å². The monoisotopic (exact) mass is 351 g/mol. The number of rotatable bonds is 11. The van der Waals surface area contributed by atoms with Crippen LogP contribution in [0.1, 0.15) is 18.4 Å². The number of nitrogen functional groups attached to an aromatic ring is 1. The molecule has 7 N–H and O–H groups in total. The third-order valence-corrected chi connectivity index (χ3v) is 3.36. The van der Waals surface area contributed by atoms with Crippen LogP contribution in [0.2, 0.25) is 0 Å². The van der Waals surface area contributed by atoms with Crippen LogP contribution < -0.4 is 16.4 Å². The summed E-state index contributed by atoms with van der Waals surface area (Å²) in [4.78, 5) is 33.1. The summed E-state index contributed by atoms with van der Waals surface area (Å²) in [5, 5.41) is 32.1. The lowest BCUT2D eigenvalue weighted by molar-refractivity contribution is -0.140. The molecule has 1 aromatic rings. The zero-order valence-electron chi connectivity index (χ0n) is 13.4. The van der Waals surface area contributed by atoms with Gasteiger partial charge in [0.1, 0.15) is 12.1 Å². The van der Waals surface area contributed by atoms with Crippen LogP contribution in [-0.2, 0) is 20.8 Å². The van der Waals surface area contributed by atoms with E-state index in [0.29, 0.717) is 5.69 Å². The maximum absolute atomic E-state index is 11.4. The van der Waals surface area contributed by atoms with Gasteiger partial charge in [-0.3, -0.25) is 4.79 Å². The van der Waals surface area contributed by atoms with Gasteiger partial charge in [0.05, 0.1) is 5.82 Å². The topological polar surface area (TPSA) is 162 Å². The van der Waals surface area contributed by atoms with Crippen molar-refractivity contribution in [2.75, 3.05) is 5.73 Å². The van der Waals surface area contributed by atoms with Crippen LogP contribution in [0.3, 0.4) is 0 Å². The zero-order valence-corrected chi connectivity index (χ0v) is 13.4. The Kier molecular flexibility index (Phi) is 7.26. The SMILES string of the molecule is C=C(N[C@@H](CCC(=O)O)C(=O)O)N[C@@H](Cc1ccc(N)cc1)C(=O)O. The number of hydrogen-bond donors (Lipinski definition) is 6. The Morgan fingerprint density at radius 2 is 1.52 bits per heavy atom.